The van der Waals surface area contributed by atoms with E-state index >= 15 is 0 Å². The fraction of sp³-hybridized carbons (Fsp3) is 0.611. The highest BCUT2D eigenvalue weighted by atomic mass is 16.4. The maximum Gasteiger partial charge on any atom is 0.335 e. The van der Waals surface area contributed by atoms with Gasteiger partial charge < -0.3 is 5.11 Å². The van der Waals surface area contributed by atoms with Gasteiger partial charge in [-0.1, -0.05) is 39.2 Å². The van der Waals surface area contributed by atoms with Gasteiger partial charge in [-0.25, -0.2) is 4.79 Å². The van der Waals surface area contributed by atoms with Gasteiger partial charge in [0.1, 0.15) is 0 Å². The van der Waals surface area contributed by atoms with E-state index in [1.807, 2.05) is 0 Å². The van der Waals surface area contributed by atoms with Crippen LogP contribution in [-0.2, 0) is 4.79 Å². The van der Waals surface area contributed by atoms with Crippen LogP contribution in [0.2, 0.25) is 0 Å². The highest BCUT2D eigenvalue weighted by Crippen LogP contribution is 2.62. The van der Waals surface area contributed by atoms with Crippen molar-refractivity contribution < 1.29 is 9.90 Å². The Bertz CT molecular complexity index is 488. The van der Waals surface area contributed by atoms with E-state index < -0.39 is 5.97 Å². The second kappa shape index (κ2) is 4.91. The lowest BCUT2D eigenvalue weighted by atomic mass is 9.48. The summed E-state index contributed by atoms with van der Waals surface area (Å²) < 4.78 is 0. The highest BCUT2D eigenvalue weighted by molar-refractivity contribution is 5.90. The molecule has 0 aromatic carbocycles. The molecule has 2 rings (SSSR count). The molecule has 20 heavy (non-hydrogen) atoms. The fourth-order valence-corrected chi connectivity index (χ4v) is 4.23. The Morgan fingerprint density at radius 2 is 1.95 bits per heavy atom. The van der Waals surface area contributed by atoms with Crippen molar-refractivity contribution in [3.8, 4) is 0 Å². The topological polar surface area (TPSA) is 37.3 Å². The SMILES string of the molecule is C=C(C(=C)[C@@H]1CC[C@@]2(C)CCCC(=C)[C@]2(C)C1)C(=O)O. The Morgan fingerprint density at radius 1 is 1.30 bits per heavy atom. The van der Waals surface area contributed by atoms with Crippen LogP contribution in [0.1, 0.15) is 52.4 Å². The quantitative estimate of drug-likeness (QED) is 0.458. The minimum atomic E-state index is -0.948. The minimum absolute atomic E-state index is 0.107. The average molecular weight is 274 g/mol. The Balaban J connectivity index is 2.24. The smallest absolute Gasteiger partial charge is 0.335 e. The first-order chi connectivity index (χ1) is 9.21. The molecule has 1 N–H and O–H groups in total. The molecule has 2 heteroatoms. The molecule has 0 unspecified atom stereocenters. The molecule has 2 nitrogen and oxygen atoms in total. The van der Waals surface area contributed by atoms with Crippen molar-refractivity contribution in [2.45, 2.75) is 52.4 Å². The van der Waals surface area contributed by atoms with E-state index in [9.17, 15) is 4.79 Å². The third kappa shape index (κ3) is 2.15. The number of hydrogen-bond acceptors (Lipinski definition) is 1. The van der Waals surface area contributed by atoms with E-state index in [4.69, 9.17) is 5.11 Å². The molecular formula is C18H26O2. The zero-order chi connectivity index (χ0) is 15.1. The van der Waals surface area contributed by atoms with Gasteiger partial charge in [-0.05, 0) is 60.8 Å². The first kappa shape index (κ1) is 15.1. The zero-order valence-electron chi connectivity index (χ0n) is 12.8. The number of carbonyl (C=O) groups is 1. The number of aliphatic carboxylic acids is 1. The Hall–Kier alpha value is -1.31. The van der Waals surface area contributed by atoms with Gasteiger partial charge in [-0.15, -0.1) is 0 Å². The van der Waals surface area contributed by atoms with Crippen molar-refractivity contribution in [2.24, 2.45) is 16.7 Å². The molecule has 0 aliphatic heterocycles. The average Bonchev–Trinajstić information content (AvgIpc) is 2.39. The standard InChI is InChI=1S/C18H26O2/c1-12-7-6-9-17(4)10-8-15(11-18(12,17)5)13(2)14(3)16(19)20/h15H,1-3,6-11H2,4-5H3,(H,19,20)/t15-,17-,18+/m1/s1. The number of rotatable bonds is 3. The summed E-state index contributed by atoms with van der Waals surface area (Å²) in [6.07, 6.45) is 6.70. The summed E-state index contributed by atoms with van der Waals surface area (Å²) in [5.41, 5.74) is 2.63. The van der Waals surface area contributed by atoms with E-state index in [1.54, 1.807) is 0 Å². The summed E-state index contributed by atoms with van der Waals surface area (Å²) in [6, 6.07) is 0. The Labute approximate surface area is 122 Å². The van der Waals surface area contributed by atoms with Crippen molar-refractivity contribution in [3.63, 3.8) is 0 Å². The molecule has 110 valence electrons. The monoisotopic (exact) mass is 274 g/mol. The summed E-state index contributed by atoms with van der Waals surface area (Å²) in [7, 11) is 0. The van der Waals surface area contributed by atoms with Crippen LogP contribution in [0.15, 0.2) is 36.5 Å². The van der Waals surface area contributed by atoms with Gasteiger partial charge in [0, 0.05) is 0 Å². The molecule has 2 saturated carbocycles. The third-order valence-corrected chi connectivity index (χ3v) is 6.16. The number of allylic oxidation sites excluding steroid dienone is 1. The largest absolute Gasteiger partial charge is 0.478 e. The van der Waals surface area contributed by atoms with Crippen molar-refractivity contribution in [2.75, 3.05) is 0 Å². The van der Waals surface area contributed by atoms with Gasteiger partial charge >= 0.3 is 5.97 Å². The number of carboxylic acid groups (broad SMARTS) is 1. The molecule has 0 bridgehead atoms. The second-order valence-electron chi connectivity index (χ2n) is 7.10. The lowest BCUT2D eigenvalue weighted by Crippen LogP contribution is -2.47. The third-order valence-electron chi connectivity index (χ3n) is 6.16. The van der Waals surface area contributed by atoms with E-state index in [2.05, 4.69) is 33.6 Å². The van der Waals surface area contributed by atoms with Crippen LogP contribution in [0.4, 0.5) is 0 Å². The van der Waals surface area contributed by atoms with Crippen LogP contribution in [0.3, 0.4) is 0 Å². The summed E-state index contributed by atoms with van der Waals surface area (Å²) in [4.78, 5) is 11.1. The van der Waals surface area contributed by atoms with E-state index in [1.165, 1.54) is 18.4 Å². The molecule has 3 atom stereocenters. The fourth-order valence-electron chi connectivity index (χ4n) is 4.23. The normalized spacial score (nSPS) is 37.1. The Kier molecular flexibility index (Phi) is 3.70. The van der Waals surface area contributed by atoms with Crippen molar-refractivity contribution in [1.82, 2.24) is 0 Å². The van der Waals surface area contributed by atoms with Gasteiger partial charge in [0.15, 0.2) is 0 Å². The molecule has 0 heterocycles. The Morgan fingerprint density at radius 3 is 2.55 bits per heavy atom. The van der Waals surface area contributed by atoms with Gasteiger partial charge in [0.2, 0.25) is 0 Å². The van der Waals surface area contributed by atoms with Crippen LogP contribution in [0.25, 0.3) is 0 Å². The summed E-state index contributed by atoms with van der Waals surface area (Å²) in [6.45, 7) is 16.7. The van der Waals surface area contributed by atoms with Gasteiger partial charge in [0.05, 0.1) is 5.57 Å². The van der Waals surface area contributed by atoms with Crippen LogP contribution in [0.5, 0.6) is 0 Å². The maximum atomic E-state index is 11.1. The van der Waals surface area contributed by atoms with Crippen molar-refractivity contribution in [3.05, 3.63) is 36.5 Å². The van der Waals surface area contributed by atoms with Crippen LogP contribution in [-0.4, -0.2) is 11.1 Å². The number of fused-ring (bicyclic) bond motifs is 1. The minimum Gasteiger partial charge on any atom is -0.478 e. The second-order valence-corrected chi connectivity index (χ2v) is 7.10. The van der Waals surface area contributed by atoms with E-state index in [0.29, 0.717) is 11.0 Å². The maximum absolute atomic E-state index is 11.1. The predicted octanol–water partition coefficient (Wildman–Crippen LogP) is 4.74. The first-order valence-electron chi connectivity index (χ1n) is 7.51. The zero-order valence-corrected chi connectivity index (χ0v) is 12.8. The molecule has 2 aliphatic rings. The molecule has 2 aliphatic carbocycles. The summed E-state index contributed by atoms with van der Waals surface area (Å²) in [5.74, 6) is -0.720. The van der Waals surface area contributed by atoms with E-state index in [-0.39, 0.29) is 16.9 Å². The van der Waals surface area contributed by atoms with Crippen molar-refractivity contribution >= 4 is 5.97 Å². The first-order valence-corrected chi connectivity index (χ1v) is 7.51. The molecule has 0 spiro atoms. The predicted molar refractivity (Wildman–Crippen MR) is 82.5 cm³/mol. The van der Waals surface area contributed by atoms with E-state index in [0.717, 1.165) is 25.7 Å². The van der Waals surface area contributed by atoms with Crippen LogP contribution >= 0.6 is 0 Å². The van der Waals surface area contributed by atoms with Crippen molar-refractivity contribution in [1.29, 1.82) is 0 Å². The summed E-state index contributed by atoms with van der Waals surface area (Å²) in [5, 5.41) is 9.10. The van der Waals surface area contributed by atoms with Gasteiger partial charge in [0.25, 0.3) is 0 Å². The molecular weight excluding hydrogens is 248 g/mol. The summed E-state index contributed by atoms with van der Waals surface area (Å²) >= 11 is 0. The van der Waals surface area contributed by atoms with Crippen LogP contribution < -0.4 is 0 Å². The lowest BCUT2D eigenvalue weighted by molar-refractivity contribution is -0.132. The highest BCUT2D eigenvalue weighted by Gasteiger charge is 2.52. The molecule has 2 fully saturated rings. The number of hydrogen-bond donors (Lipinski definition) is 1. The van der Waals surface area contributed by atoms with Gasteiger partial charge in [-0.3, -0.25) is 0 Å². The lowest BCUT2D eigenvalue weighted by Gasteiger charge is -2.57. The molecule has 0 aromatic rings. The molecule has 0 aromatic heterocycles. The molecule has 0 radical (unpaired) electrons. The van der Waals surface area contributed by atoms with Gasteiger partial charge in [-0.2, -0.15) is 0 Å². The number of carboxylic acids is 1. The van der Waals surface area contributed by atoms with Crippen LogP contribution in [0, 0.1) is 16.7 Å². The molecule has 0 saturated heterocycles. The molecule has 0 amide bonds.